The average Bonchev–Trinajstić information content (AvgIpc) is 2.65. The average molecular weight is 255 g/mol. The van der Waals surface area contributed by atoms with Gasteiger partial charge in [0, 0.05) is 15.8 Å². The summed E-state index contributed by atoms with van der Waals surface area (Å²) in [6, 6.07) is 4.31. The predicted octanol–water partition coefficient (Wildman–Crippen LogP) is 3.90. The normalized spacial score (nSPS) is 16.8. The van der Waals surface area contributed by atoms with Gasteiger partial charge in [0.1, 0.15) is 6.10 Å². The van der Waals surface area contributed by atoms with Gasteiger partial charge in [-0.1, -0.05) is 20.3 Å². The second-order valence-electron chi connectivity index (χ2n) is 4.96. The van der Waals surface area contributed by atoms with Crippen LogP contribution >= 0.6 is 11.3 Å². The Morgan fingerprint density at radius 3 is 2.53 bits per heavy atom. The minimum atomic E-state index is 0.0434. The standard InChI is InChI=1S/C14H25NOS/c1-5-6-10(2)9-16-14(12(4)15)13-8-7-11(3)17-13/h7-8,10,12,14H,5-6,9,15H2,1-4H3. The summed E-state index contributed by atoms with van der Waals surface area (Å²) >= 11 is 1.78. The van der Waals surface area contributed by atoms with Crippen molar-refractivity contribution in [3.8, 4) is 0 Å². The molecule has 1 heterocycles. The Bertz CT molecular complexity index is 322. The van der Waals surface area contributed by atoms with Crippen LogP contribution in [0.25, 0.3) is 0 Å². The number of aryl methyl sites for hydroxylation is 1. The molecule has 0 aromatic carbocycles. The highest BCUT2D eigenvalue weighted by Gasteiger charge is 2.19. The van der Waals surface area contributed by atoms with Crippen molar-refractivity contribution in [2.75, 3.05) is 6.61 Å². The molecule has 3 atom stereocenters. The summed E-state index contributed by atoms with van der Waals surface area (Å²) < 4.78 is 6.00. The predicted molar refractivity (Wildman–Crippen MR) is 75.5 cm³/mol. The molecule has 3 heteroatoms. The molecular weight excluding hydrogens is 230 g/mol. The topological polar surface area (TPSA) is 35.2 Å². The zero-order valence-corrected chi connectivity index (χ0v) is 12.2. The van der Waals surface area contributed by atoms with Crippen LogP contribution in [0, 0.1) is 12.8 Å². The van der Waals surface area contributed by atoms with Crippen LogP contribution in [0.1, 0.15) is 49.5 Å². The molecule has 0 aliphatic heterocycles. The van der Waals surface area contributed by atoms with Gasteiger partial charge in [0.15, 0.2) is 0 Å². The third-order valence-electron chi connectivity index (χ3n) is 2.86. The molecule has 0 amide bonds. The van der Waals surface area contributed by atoms with Crippen molar-refractivity contribution in [3.63, 3.8) is 0 Å². The largest absolute Gasteiger partial charge is 0.371 e. The summed E-state index contributed by atoms with van der Waals surface area (Å²) in [5.74, 6) is 0.613. The first-order chi connectivity index (χ1) is 8.04. The first-order valence-corrected chi connectivity index (χ1v) is 7.29. The van der Waals surface area contributed by atoms with Gasteiger partial charge in [-0.05, 0) is 38.3 Å². The third-order valence-corrected chi connectivity index (χ3v) is 3.92. The lowest BCUT2D eigenvalue weighted by molar-refractivity contribution is 0.0195. The lowest BCUT2D eigenvalue weighted by atomic mass is 10.1. The quantitative estimate of drug-likeness (QED) is 0.802. The van der Waals surface area contributed by atoms with Crippen molar-refractivity contribution < 1.29 is 4.74 Å². The number of hydrogen-bond donors (Lipinski definition) is 1. The molecular formula is C14H25NOS. The van der Waals surface area contributed by atoms with E-state index in [4.69, 9.17) is 10.5 Å². The molecule has 2 N–H and O–H groups in total. The van der Waals surface area contributed by atoms with Gasteiger partial charge in [0.25, 0.3) is 0 Å². The SMILES string of the molecule is CCCC(C)COC(c1ccc(C)s1)C(C)N. The molecule has 0 aliphatic carbocycles. The van der Waals surface area contributed by atoms with Gasteiger partial charge < -0.3 is 10.5 Å². The summed E-state index contributed by atoms with van der Waals surface area (Å²) in [5.41, 5.74) is 6.02. The van der Waals surface area contributed by atoms with Gasteiger partial charge in [0.05, 0.1) is 6.61 Å². The molecule has 17 heavy (non-hydrogen) atoms. The molecule has 0 spiro atoms. The summed E-state index contributed by atoms with van der Waals surface area (Å²) in [4.78, 5) is 2.57. The highest BCUT2D eigenvalue weighted by Crippen LogP contribution is 2.28. The molecule has 1 aromatic rings. The Morgan fingerprint density at radius 1 is 1.35 bits per heavy atom. The van der Waals surface area contributed by atoms with Crippen LogP contribution in [0.3, 0.4) is 0 Å². The Kier molecular flexibility index (Phi) is 6.17. The fourth-order valence-electron chi connectivity index (χ4n) is 1.94. The van der Waals surface area contributed by atoms with E-state index in [0.29, 0.717) is 5.92 Å². The molecule has 1 rings (SSSR count). The number of rotatable bonds is 7. The molecule has 2 nitrogen and oxygen atoms in total. The van der Waals surface area contributed by atoms with Gasteiger partial charge in [-0.15, -0.1) is 11.3 Å². The van der Waals surface area contributed by atoms with Crippen LogP contribution in [0.5, 0.6) is 0 Å². The monoisotopic (exact) mass is 255 g/mol. The van der Waals surface area contributed by atoms with E-state index in [0.717, 1.165) is 6.61 Å². The van der Waals surface area contributed by atoms with Gasteiger partial charge in [-0.25, -0.2) is 0 Å². The molecule has 0 saturated heterocycles. The van der Waals surface area contributed by atoms with Crippen molar-refractivity contribution in [1.29, 1.82) is 0 Å². The Hall–Kier alpha value is -0.380. The van der Waals surface area contributed by atoms with E-state index in [1.54, 1.807) is 11.3 Å². The fraction of sp³-hybridized carbons (Fsp3) is 0.714. The molecule has 0 bridgehead atoms. The zero-order valence-electron chi connectivity index (χ0n) is 11.4. The Morgan fingerprint density at radius 2 is 2.06 bits per heavy atom. The molecule has 1 aromatic heterocycles. The number of nitrogens with two attached hydrogens (primary N) is 1. The van der Waals surface area contributed by atoms with E-state index in [2.05, 4.69) is 32.9 Å². The van der Waals surface area contributed by atoms with E-state index in [1.807, 2.05) is 6.92 Å². The van der Waals surface area contributed by atoms with Gasteiger partial charge in [-0.3, -0.25) is 0 Å². The van der Waals surface area contributed by atoms with E-state index < -0.39 is 0 Å². The second kappa shape index (κ2) is 7.14. The van der Waals surface area contributed by atoms with E-state index in [9.17, 15) is 0 Å². The Labute approximate surface area is 109 Å². The lowest BCUT2D eigenvalue weighted by Gasteiger charge is -2.22. The van der Waals surface area contributed by atoms with Crippen LogP contribution in [0.15, 0.2) is 12.1 Å². The molecule has 0 aliphatic rings. The number of ether oxygens (including phenoxy) is 1. The van der Waals surface area contributed by atoms with Crippen LogP contribution in [0.4, 0.5) is 0 Å². The summed E-state index contributed by atoms with van der Waals surface area (Å²) in [7, 11) is 0. The van der Waals surface area contributed by atoms with Gasteiger partial charge in [0.2, 0.25) is 0 Å². The van der Waals surface area contributed by atoms with Crippen molar-refractivity contribution in [2.24, 2.45) is 11.7 Å². The van der Waals surface area contributed by atoms with Crippen molar-refractivity contribution >= 4 is 11.3 Å². The van der Waals surface area contributed by atoms with E-state index in [-0.39, 0.29) is 12.1 Å². The number of hydrogen-bond acceptors (Lipinski definition) is 3. The zero-order chi connectivity index (χ0) is 12.8. The van der Waals surface area contributed by atoms with Crippen LogP contribution < -0.4 is 5.73 Å². The minimum Gasteiger partial charge on any atom is -0.371 e. The summed E-state index contributed by atoms with van der Waals surface area (Å²) in [5, 5.41) is 0. The third kappa shape index (κ3) is 4.78. The van der Waals surface area contributed by atoms with E-state index in [1.165, 1.54) is 22.6 Å². The van der Waals surface area contributed by atoms with Gasteiger partial charge >= 0.3 is 0 Å². The highest BCUT2D eigenvalue weighted by atomic mass is 32.1. The highest BCUT2D eigenvalue weighted by molar-refractivity contribution is 7.12. The number of thiophene rings is 1. The van der Waals surface area contributed by atoms with Crippen LogP contribution in [-0.4, -0.2) is 12.6 Å². The molecule has 0 fully saturated rings. The first kappa shape index (κ1) is 14.7. The first-order valence-electron chi connectivity index (χ1n) is 6.48. The Balaban J connectivity index is 2.55. The maximum Gasteiger partial charge on any atom is 0.106 e. The maximum atomic E-state index is 6.02. The summed E-state index contributed by atoms with van der Waals surface area (Å²) in [6.07, 6.45) is 2.48. The van der Waals surface area contributed by atoms with Crippen LogP contribution in [-0.2, 0) is 4.74 Å². The minimum absolute atomic E-state index is 0.0434. The van der Waals surface area contributed by atoms with E-state index >= 15 is 0 Å². The van der Waals surface area contributed by atoms with Crippen molar-refractivity contribution in [2.45, 2.75) is 52.7 Å². The molecule has 3 unspecified atom stereocenters. The second-order valence-corrected chi connectivity index (χ2v) is 6.27. The maximum absolute atomic E-state index is 6.02. The lowest BCUT2D eigenvalue weighted by Crippen LogP contribution is -2.27. The van der Waals surface area contributed by atoms with Gasteiger partial charge in [-0.2, -0.15) is 0 Å². The molecule has 98 valence electrons. The fourth-order valence-corrected chi connectivity index (χ4v) is 2.99. The van der Waals surface area contributed by atoms with Crippen molar-refractivity contribution in [3.05, 3.63) is 21.9 Å². The summed E-state index contributed by atoms with van der Waals surface area (Å²) in [6.45, 7) is 9.39. The smallest absolute Gasteiger partial charge is 0.106 e. The molecule has 0 saturated carbocycles. The molecule has 0 radical (unpaired) electrons. The van der Waals surface area contributed by atoms with Crippen LogP contribution in [0.2, 0.25) is 0 Å². The van der Waals surface area contributed by atoms with Crippen molar-refractivity contribution in [1.82, 2.24) is 0 Å².